The lowest BCUT2D eigenvalue weighted by Crippen LogP contribution is -2.31. The number of hydrogen-bond donors (Lipinski definition) is 2. The van der Waals surface area contributed by atoms with Crippen LogP contribution in [-0.2, 0) is 19.1 Å². The summed E-state index contributed by atoms with van der Waals surface area (Å²) in [7, 11) is 0. The third-order valence-electron chi connectivity index (χ3n) is 8.01. The quantitative estimate of drug-likeness (QED) is 0.0580. The number of anilines is 2. The molecule has 11 heteroatoms. The van der Waals surface area contributed by atoms with Crippen LogP contribution < -0.4 is 16.2 Å². The second-order valence-electron chi connectivity index (χ2n) is 11.8. The number of carbonyl (C=O) groups excluding carboxylic acids is 3. The Morgan fingerprint density at radius 3 is 1.80 bits per heavy atom. The van der Waals surface area contributed by atoms with E-state index in [2.05, 4.69) is 0 Å². The average Bonchev–Trinajstić information content (AvgIpc) is 3.02. The molecule has 0 bridgehead atoms. The molecule has 8 nitrogen and oxygen atoms in total. The van der Waals surface area contributed by atoms with Crippen LogP contribution in [0.15, 0.2) is 48.5 Å². The molecule has 252 valence electrons. The van der Waals surface area contributed by atoms with E-state index in [1.807, 2.05) is 0 Å². The maximum atomic E-state index is 12.8. The Bertz CT molecular complexity index is 1270. The van der Waals surface area contributed by atoms with Crippen LogP contribution in [-0.4, -0.2) is 37.3 Å². The minimum atomic E-state index is -4.22. The van der Waals surface area contributed by atoms with Crippen molar-refractivity contribution in [1.29, 1.82) is 0 Å². The SMILES string of the molecule is Nc1cc(N)cc(C(=O)OCCCCCCCCCCCOC(=O)C=Cc2ccc(OC(=O)C3CCC(C(F)(F)F)CC3)cc2)c1. The van der Waals surface area contributed by atoms with Crippen LogP contribution in [0.4, 0.5) is 24.5 Å². The minimum Gasteiger partial charge on any atom is -0.463 e. The highest BCUT2D eigenvalue weighted by molar-refractivity contribution is 5.91. The van der Waals surface area contributed by atoms with Gasteiger partial charge in [0.2, 0.25) is 0 Å². The van der Waals surface area contributed by atoms with Crippen LogP contribution in [0.3, 0.4) is 0 Å². The van der Waals surface area contributed by atoms with Crippen LogP contribution in [0.25, 0.3) is 6.08 Å². The van der Waals surface area contributed by atoms with Gasteiger partial charge in [-0.1, -0.05) is 57.1 Å². The summed E-state index contributed by atoms with van der Waals surface area (Å²) in [6.07, 6.45) is 8.03. The van der Waals surface area contributed by atoms with Gasteiger partial charge in [-0.05, 0) is 80.5 Å². The fourth-order valence-electron chi connectivity index (χ4n) is 5.37. The molecule has 0 spiro atoms. The fourth-order valence-corrected chi connectivity index (χ4v) is 5.37. The van der Waals surface area contributed by atoms with Gasteiger partial charge in [-0.15, -0.1) is 0 Å². The van der Waals surface area contributed by atoms with E-state index < -0.39 is 35.9 Å². The largest absolute Gasteiger partial charge is 0.463 e. The third-order valence-corrected chi connectivity index (χ3v) is 8.01. The molecule has 1 saturated carbocycles. The van der Waals surface area contributed by atoms with E-state index in [4.69, 9.17) is 25.7 Å². The van der Waals surface area contributed by atoms with E-state index >= 15 is 0 Å². The molecule has 0 aliphatic heterocycles. The Kier molecular flexibility index (Phi) is 14.9. The molecule has 0 aromatic heterocycles. The van der Waals surface area contributed by atoms with Crippen molar-refractivity contribution in [3.63, 3.8) is 0 Å². The maximum absolute atomic E-state index is 12.8. The van der Waals surface area contributed by atoms with Crippen LogP contribution >= 0.6 is 0 Å². The van der Waals surface area contributed by atoms with Gasteiger partial charge < -0.3 is 25.7 Å². The zero-order valence-corrected chi connectivity index (χ0v) is 26.2. The first-order chi connectivity index (χ1) is 22.0. The number of halogens is 3. The number of nitrogen functional groups attached to an aromatic ring is 2. The lowest BCUT2D eigenvalue weighted by Gasteiger charge is -2.28. The topological polar surface area (TPSA) is 131 Å². The zero-order chi connectivity index (χ0) is 33.4. The van der Waals surface area contributed by atoms with Gasteiger partial charge >= 0.3 is 24.1 Å². The molecule has 1 aliphatic rings. The molecule has 46 heavy (non-hydrogen) atoms. The van der Waals surface area contributed by atoms with Gasteiger partial charge in [0.25, 0.3) is 0 Å². The summed E-state index contributed by atoms with van der Waals surface area (Å²) in [5, 5.41) is 0. The molecule has 1 aliphatic carbocycles. The summed E-state index contributed by atoms with van der Waals surface area (Å²) in [5.41, 5.74) is 13.4. The van der Waals surface area contributed by atoms with E-state index in [0.717, 1.165) is 57.8 Å². The number of carbonyl (C=O) groups is 3. The number of unbranched alkanes of at least 4 members (excludes halogenated alkanes) is 8. The summed E-state index contributed by atoms with van der Waals surface area (Å²) in [6, 6.07) is 11.2. The summed E-state index contributed by atoms with van der Waals surface area (Å²) < 4.78 is 54.4. The Labute approximate surface area is 268 Å². The van der Waals surface area contributed by atoms with Crippen molar-refractivity contribution in [1.82, 2.24) is 0 Å². The highest BCUT2D eigenvalue weighted by Gasteiger charge is 2.42. The highest BCUT2D eigenvalue weighted by atomic mass is 19.4. The van der Waals surface area contributed by atoms with Gasteiger partial charge in [0, 0.05) is 17.5 Å². The first-order valence-electron chi connectivity index (χ1n) is 16.1. The fraction of sp³-hybridized carbons (Fsp3) is 0.514. The molecule has 0 radical (unpaired) electrons. The first kappa shape index (κ1) is 36.4. The normalized spacial score (nSPS) is 16.7. The Hall–Kier alpha value is -4.02. The maximum Gasteiger partial charge on any atom is 0.391 e. The van der Waals surface area contributed by atoms with E-state index in [1.165, 1.54) is 6.08 Å². The molecule has 4 N–H and O–H groups in total. The van der Waals surface area contributed by atoms with Gasteiger partial charge in [-0.3, -0.25) is 4.79 Å². The van der Waals surface area contributed by atoms with E-state index in [0.29, 0.717) is 41.5 Å². The molecule has 0 saturated heterocycles. The predicted molar refractivity (Wildman–Crippen MR) is 171 cm³/mol. The second-order valence-corrected chi connectivity index (χ2v) is 11.8. The number of rotatable bonds is 17. The van der Waals surface area contributed by atoms with Crippen molar-refractivity contribution in [3.05, 3.63) is 59.7 Å². The van der Waals surface area contributed by atoms with Crippen LogP contribution in [0.1, 0.15) is 99.4 Å². The number of ether oxygens (including phenoxy) is 3. The molecule has 1 fully saturated rings. The van der Waals surface area contributed by atoms with E-state index in [1.54, 1.807) is 48.5 Å². The van der Waals surface area contributed by atoms with Crippen molar-refractivity contribution in [3.8, 4) is 5.75 Å². The summed E-state index contributed by atoms with van der Waals surface area (Å²) in [6.45, 7) is 0.719. The molecule has 0 unspecified atom stereocenters. The highest BCUT2D eigenvalue weighted by Crippen LogP contribution is 2.39. The van der Waals surface area contributed by atoms with E-state index in [9.17, 15) is 27.6 Å². The Balaban J connectivity index is 1.16. The van der Waals surface area contributed by atoms with Gasteiger partial charge in [0.05, 0.1) is 30.6 Å². The smallest absolute Gasteiger partial charge is 0.391 e. The molecule has 0 amide bonds. The van der Waals surface area contributed by atoms with Crippen molar-refractivity contribution in [2.24, 2.45) is 11.8 Å². The van der Waals surface area contributed by atoms with Crippen molar-refractivity contribution < 1.29 is 41.8 Å². The van der Waals surface area contributed by atoms with E-state index in [-0.39, 0.29) is 25.7 Å². The number of esters is 3. The lowest BCUT2D eigenvalue weighted by molar-refractivity contribution is -0.185. The molecule has 2 aromatic carbocycles. The molecule has 2 aromatic rings. The molecule has 0 atom stereocenters. The average molecular weight is 647 g/mol. The molecular formula is C35H45F3N2O6. The van der Waals surface area contributed by atoms with Crippen LogP contribution in [0.5, 0.6) is 5.75 Å². The van der Waals surface area contributed by atoms with Crippen molar-refractivity contribution in [2.45, 2.75) is 89.6 Å². The van der Waals surface area contributed by atoms with Gasteiger partial charge in [-0.2, -0.15) is 13.2 Å². The molecule has 3 rings (SSSR count). The van der Waals surface area contributed by atoms with Gasteiger partial charge in [0.15, 0.2) is 0 Å². The Morgan fingerprint density at radius 1 is 0.739 bits per heavy atom. The molecule has 0 heterocycles. The number of hydrogen-bond acceptors (Lipinski definition) is 8. The summed E-state index contributed by atoms with van der Waals surface area (Å²) in [4.78, 5) is 36.4. The summed E-state index contributed by atoms with van der Waals surface area (Å²) >= 11 is 0. The number of benzene rings is 2. The van der Waals surface area contributed by atoms with Crippen LogP contribution in [0.2, 0.25) is 0 Å². The number of nitrogens with two attached hydrogens (primary N) is 2. The number of alkyl halides is 3. The van der Waals surface area contributed by atoms with Crippen molar-refractivity contribution >= 4 is 35.4 Å². The molecular weight excluding hydrogens is 601 g/mol. The Morgan fingerprint density at radius 2 is 1.26 bits per heavy atom. The lowest BCUT2D eigenvalue weighted by atomic mass is 9.82. The zero-order valence-electron chi connectivity index (χ0n) is 26.2. The standard InChI is InChI=1S/C35H45F3N2O6/c36-35(37,38)28-15-13-26(14-16-28)34(43)46-31-17-10-25(11-18-31)12-19-32(41)44-20-8-6-4-2-1-3-5-7-9-21-45-33(42)27-22-29(39)24-30(40)23-27/h10-12,17-19,22-24,26,28H,1-9,13-16,20-21,39-40H2. The van der Waals surface area contributed by atoms with Crippen LogP contribution in [0, 0.1) is 11.8 Å². The second kappa shape index (κ2) is 18.8. The van der Waals surface area contributed by atoms with Gasteiger partial charge in [-0.25, -0.2) is 9.59 Å². The monoisotopic (exact) mass is 646 g/mol. The predicted octanol–water partition coefficient (Wildman–Crippen LogP) is 8.05. The summed E-state index contributed by atoms with van der Waals surface area (Å²) in [5.74, 6) is -2.93. The minimum absolute atomic E-state index is 0.0576. The first-order valence-corrected chi connectivity index (χ1v) is 16.1. The van der Waals surface area contributed by atoms with Crippen molar-refractivity contribution in [2.75, 3.05) is 24.7 Å². The van der Waals surface area contributed by atoms with Gasteiger partial charge in [0.1, 0.15) is 5.75 Å². The third kappa shape index (κ3) is 13.5.